The molecule has 0 bridgehead atoms. The number of hydrogen-bond acceptors (Lipinski definition) is 3. The Hall–Kier alpha value is -1.75. The molecular weight excluding hydrogens is 294 g/mol. The van der Waals surface area contributed by atoms with Gasteiger partial charge in [0.05, 0.1) is 12.2 Å². The summed E-state index contributed by atoms with van der Waals surface area (Å²) in [5, 5.41) is 2.81. The Balaban J connectivity index is 2.02. The third-order valence-electron chi connectivity index (χ3n) is 2.51. The van der Waals surface area contributed by atoms with Crippen molar-refractivity contribution in [1.29, 1.82) is 0 Å². The van der Waals surface area contributed by atoms with E-state index in [2.05, 4.69) is 31.2 Å². The molecule has 0 atom stereocenters. The fourth-order valence-electron chi connectivity index (χ4n) is 1.43. The molecule has 5 heteroatoms. The minimum Gasteiger partial charge on any atom is -0.346 e. The number of aryl methyl sites for hydroxylation is 1. The minimum absolute atomic E-state index is 0.116. The molecule has 2 rings (SSSR count). The quantitative estimate of drug-likeness (QED) is 0.948. The van der Waals surface area contributed by atoms with E-state index in [1.165, 1.54) is 6.33 Å². The van der Waals surface area contributed by atoms with Crippen molar-refractivity contribution >= 4 is 21.8 Å². The van der Waals surface area contributed by atoms with Crippen molar-refractivity contribution in [2.75, 3.05) is 0 Å². The van der Waals surface area contributed by atoms with Crippen molar-refractivity contribution in [3.05, 3.63) is 58.1 Å². The first-order chi connectivity index (χ1) is 8.66. The first-order valence-electron chi connectivity index (χ1n) is 5.46. The van der Waals surface area contributed by atoms with Crippen LogP contribution in [0.15, 0.2) is 41.3 Å². The topological polar surface area (TPSA) is 54.9 Å². The lowest BCUT2D eigenvalue weighted by molar-refractivity contribution is 0.0950. The molecule has 1 N–H and O–H groups in total. The normalized spacial score (nSPS) is 10.1. The van der Waals surface area contributed by atoms with Crippen molar-refractivity contribution in [3.63, 3.8) is 0 Å². The molecule has 0 spiro atoms. The molecule has 0 fully saturated rings. The summed E-state index contributed by atoms with van der Waals surface area (Å²) in [5.41, 5.74) is 2.51. The monoisotopic (exact) mass is 305 g/mol. The highest BCUT2D eigenvalue weighted by Crippen LogP contribution is 2.17. The van der Waals surface area contributed by atoms with Gasteiger partial charge in [-0.05, 0) is 30.7 Å². The Morgan fingerprint density at radius 2 is 2.22 bits per heavy atom. The standard InChI is InChI=1S/C13H12BrN3O/c1-9-2-3-10(6-12(9)14)13(18)16-7-11-4-5-15-8-17-11/h2-6,8H,7H2,1H3,(H,16,18). The Morgan fingerprint density at radius 1 is 1.39 bits per heavy atom. The van der Waals surface area contributed by atoms with E-state index in [1.54, 1.807) is 18.3 Å². The van der Waals surface area contributed by atoms with Gasteiger partial charge in [-0.1, -0.05) is 22.0 Å². The van der Waals surface area contributed by atoms with Crippen LogP contribution in [0.2, 0.25) is 0 Å². The van der Waals surface area contributed by atoms with Crippen LogP contribution in [-0.4, -0.2) is 15.9 Å². The average molecular weight is 306 g/mol. The largest absolute Gasteiger partial charge is 0.346 e. The zero-order valence-electron chi connectivity index (χ0n) is 9.85. The minimum atomic E-state index is -0.116. The lowest BCUT2D eigenvalue weighted by Gasteiger charge is -2.06. The first-order valence-corrected chi connectivity index (χ1v) is 6.25. The number of carbonyl (C=O) groups excluding carboxylic acids is 1. The highest BCUT2D eigenvalue weighted by Gasteiger charge is 2.06. The van der Waals surface area contributed by atoms with Crippen LogP contribution in [0.5, 0.6) is 0 Å². The number of aromatic nitrogens is 2. The number of hydrogen-bond donors (Lipinski definition) is 1. The zero-order chi connectivity index (χ0) is 13.0. The first kappa shape index (κ1) is 12.7. The average Bonchev–Trinajstić information content (AvgIpc) is 2.40. The second-order valence-electron chi connectivity index (χ2n) is 3.85. The fourth-order valence-corrected chi connectivity index (χ4v) is 1.81. The molecule has 0 saturated carbocycles. The number of nitrogens with one attached hydrogen (secondary N) is 1. The maximum Gasteiger partial charge on any atom is 0.251 e. The van der Waals surface area contributed by atoms with Crippen LogP contribution in [0.4, 0.5) is 0 Å². The zero-order valence-corrected chi connectivity index (χ0v) is 11.4. The van der Waals surface area contributed by atoms with E-state index in [1.807, 2.05) is 19.1 Å². The van der Waals surface area contributed by atoms with E-state index < -0.39 is 0 Å². The molecule has 1 heterocycles. The molecular formula is C13H12BrN3O. The maximum absolute atomic E-state index is 11.9. The van der Waals surface area contributed by atoms with Gasteiger partial charge >= 0.3 is 0 Å². The van der Waals surface area contributed by atoms with Crippen LogP contribution in [-0.2, 0) is 6.54 Å². The predicted molar refractivity (Wildman–Crippen MR) is 72.1 cm³/mol. The SMILES string of the molecule is Cc1ccc(C(=O)NCc2ccncn2)cc1Br. The molecule has 0 radical (unpaired) electrons. The van der Waals surface area contributed by atoms with Gasteiger partial charge in [-0.2, -0.15) is 0 Å². The summed E-state index contributed by atoms with van der Waals surface area (Å²) in [6.07, 6.45) is 3.11. The summed E-state index contributed by atoms with van der Waals surface area (Å²) < 4.78 is 0.928. The van der Waals surface area contributed by atoms with E-state index >= 15 is 0 Å². The Morgan fingerprint density at radius 3 is 2.89 bits per heavy atom. The lowest BCUT2D eigenvalue weighted by atomic mass is 10.1. The molecule has 0 unspecified atom stereocenters. The Labute approximate surface area is 114 Å². The number of halogens is 1. The van der Waals surface area contributed by atoms with Crippen molar-refractivity contribution in [2.24, 2.45) is 0 Å². The summed E-state index contributed by atoms with van der Waals surface area (Å²) >= 11 is 3.41. The summed E-state index contributed by atoms with van der Waals surface area (Å²) in [5.74, 6) is -0.116. The second kappa shape index (κ2) is 5.73. The van der Waals surface area contributed by atoms with Gasteiger partial charge in [0.2, 0.25) is 0 Å². The Kier molecular flexibility index (Phi) is 4.04. The molecule has 2 aromatic rings. The summed E-state index contributed by atoms with van der Waals surface area (Å²) in [6.45, 7) is 2.37. The van der Waals surface area contributed by atoms with Crippen molar-refractivity contribution in [3.8, 4) is 0 Å². The van der Waals surface area contributed by atoms with Crippen molar-refractivity contribution in [2.45, 2.75) is 13.5 Å². The van der Waals surface area contributed by atoms with Gasteiger partial charge < -0.3 is 5.32 Å². The molecule has 1 aromatic heterocycles. The molecule has 0 saturated heterocycles. The number of benzene rings is 1. The highest BCUT2D eigenvalue weighted by molar-refractivity contribution is 9.10. The fraction of sp³-hybridized carbons (Fsp3) is 0.154. The molecule has 0 aliphatic rings. The second-order valence-corrected chi connectivity index (χ2v) is 4.70. The van der Waals surface area contributed by atoms with Gasteiger partial charge in [-0.25, -0.2) is 9.97 Å². The van der Waals surface area contributed by atoms with Gasteiger partial charge in [0.1, 0.15) is 6.33 Å². The molecule has 1 aromatic carbocycles. The highest BCUT2D eigenvalue weighted by atomic mass is 79.9. The van der Waals surface area contributed by atoms with Gasteiger partial charge in [0, 0.05) is 16.2 Å². The van der Waals surface area contributed by atoms with Crippen LogP contribution in [0.1, 0.15) is 21.6 Å². The Bertz CT molecular complexity index is 557. The molecule has 0 aliphatic heterocycles. The van der Waals surface area contributed by atoms with E-state index in [9.17, 15) is 4.79 Å². The van der Waals surface area contributed by atoms with Crippen LogP contribution in [0.3, 0.4) is 0 Å². The summed E-state index contributed by atoms with van der Waals surface area (Å²) in [6, 6.07) is 7.29. The molecule has 18 heavy (non-hydrogen) atoms. The van der Waals surface area contributed by atoms with Gasteiger partial charge in [-0.3, -0.25) is 4.79 Å². The van der Waals surface area contributed by atoms with E-state index in [0.717, 1.165) is 15.7 Å². The van der Waals surface area contributed by atoms with Gasteiger partial charge in [0.25, 0.3) is 5.91 Å². The van der Waals surface area contributed by atoms with Gasteiger partial charge in [0.15, 0.2) is 0 Å². The van der Waals surface area contributed by atoms with Crippen LogP contribution in [0.25, 0.3) is 0 Å². The van der Waals surface area contributed by atoms with Crippen LogP contribution < -0.4 is 5.32 Å². The van der Waals surface area contributed by atoms with E-state index in [4.69, 9.17) is 0 Å². The smallest absolute Gasteiger partial charge is 0.251 e. The number of rotatable bonds is 3. The summed E-state index contributed by atoms with van der Waals surface area (Å²) in [4.78, 5) is 19.8. The van der Waals surface area contributed by atoms with Crippen LogP contribution >= 0.6 is 15.9 Å². The number of nitrogens with zero attached hydrogens (tertiary/aromatic N) is 2. The molecule has 4 nitrogen and oxygen atoms in total. The molecule has 1 amide bonds. The number of amides is 1. The van der Waals surface area contributed by atoms with Crippen molar-refractivity contribution < 1.29 is 4.79 Å². The molecule has 0 aliphatic carbocycles. The third kappa shape index (κ3) is 3.13. The lowest BCUT2D eigenvalue weighted by Crippen LogP contribution is -2.23. The van der Waals surface area contributed by atoms with Gasteiger partial charge in [-0.15, -0.1) is 0 Å². The molecule has 92 valence electrons. The van der Waals surface area contributed by atoms with E-state index in [0.29, 0.717) is 12.1 Å². The summed E-state index contributed by atoms with van der Waals surface area (Å²) in [7, 11) is 0. The van der Waals surface area contributed by atoms with Crippen LogP contribution in [0, 0.1) is 6.92 Å². The van der Waals surface area contributed by atoms with Crippen molar-refractivity contribution in [1.82, 2.24) is 15.3 Å². The predicted octanol–water partition coefficient (Wildman–Crippen LogP) is 2.48. The third-order valence-corrected chi connectivity index (χ3v) is 3.36. The van der Waals surface area contributed by atoms with E-state index in [-0.39, 0.29) is 5.91 Å². The number of carbonyl (C=O) groups is 1. The maximum atomic E-state index is 11.9.